The van der Waals surface area contributed by atoms with Crippen LogP contribution in [0.5, 0.6) is 0 Å². The number of nitrogens with one attached hydrogen (secondary N) is 1. The topological polar surface area (TPSA) is 90.0 Å². The van der Waals surface area contributed by atoms with E-state index in [1.54, 1.807) is 31.2 Å². The molecule has 1 aliphatic carbocycles. The van der Waals surface area contributed by atoms with Crippen molar-refractivity contribution in [2.24, 2.45) is 5.92 Å². The zero-order chi connectivity index (χ0) is 20.1. The van der Waals surface area contributed by atoms with Gasteiger partial charge in [0.25, 0.3) is 5.91 Å². The highest BCUT2D eigenvalue weighted by atomic mass is 79.9. The summed E-state index contributed by atoms with van der Waals surface area (Å²) in [6, 6.07) is 6.29. The molecule has 8 nitrogen and oxygen atoms in total. The molecule has 2 aliphatic heterocycles. The van der Waals surface area contributed by atoms with Gasteiger partial charge in [0.05, 0.1) is 11.6 Å². The van der Waals surface area contributed by atoms with Crippen molar-refractivity contribution in [2.45, 2.75) is 30.2 Å². The van der Waals surface area contributed by atoms with E-state index in [-0.39, 0.29) is 29.4 Å². The Balaban J connectivity index is 1.38. The Labute approximate surface area is 173 Å². The van der Waals surface area contributed by atoms with Gasteiger partial charge in [-0.3, -0.25) is 9.69 Å². The maximum absolute atomic E-state index is 12.8. The molecule has 3 aliphatic rings. The maximum atomic E-state index is 12.8. The van der Waals surface area contributed by atoms with Crippen LogP contribution >= 0.6 is 15.9 Å². The maximum Gasteiger partial charge on any atom is 0.326 e. The molecule has 1 aromatic rings. The van der Waals surface area contributed by atoms with Crippen molar-refractivity contribution in [3.05, 3.63) is 28.7 Å². The molecule has 2 heterocycles. The van der Waals surface area contributed by atoms with Gasteiger partial charge in [-0.25, -0.2) is 18.1 Å². The van der Waals surface area contributed by atoms with E-state index in [0.29, 0.717) is 30.7 Å². The molecule has 152 valence electrons. The summed E-state index contributed by atoms with van der Waals surface area (Å²) in [5, 5.41) is 2.84. The summed E-state index contributed by atoms with van der Waals surface area (Å²) in [5.41, 5.74) is -0.789. The van der Waals surface area contributed by atoms with E-state index in [1.807, 2.05) is 4.90 Å². The Morgan fingerprint density at radius 3 is 2.46 bits per heavy atom. The first-order valence-electron chi connectivity index (χ1n) is 9.34. The van der Waals surface area contributed by atoms with Crippen LogP contribution in [0.25, 0.3) is 0 Å². The third kappa shape index (κ3) is 3.47. The lowest BCUT2D eigenvalue weighted by Gasteiger charge is -2.35. The molecule has 0 aromatic heterocycles. The molecule has 4 rings (SSSR count). The molecule has 3 fully saturated rings. The number of rotatable bonds is 5. The predicted octanol–water partition coefficient (Wildman–Crippen LogP) is 1.43. The number of sulfonamides is 1. The summed E-state index contributed by atoms with van der Waals surface area (Å²) in [4.78, 5) is 28.5. The Morgan fingerprint density at radius 1 is 1.18 bits per heavy atom. The second-order valence-corrected chi connectivity index (χ2v) is 10.6. The minimum atomic E-state index is -3.56. The zero-order valence-electron chi connectivity index (χ0n) is 15.6. The van der Waals surface area contributed by atoms with Gasteiger partial charge in [0.15, 0.2) is 0 Å². The number of imide groups is 1. The summed E-state index contributed by atoms with van der Waals surface area (Å²) in [7, 11) is -3.56. The van der Waals surface area contributed by atoms with Crippen LogP contribution in [0, 0.1) is 5.92 Å². The summed E-state index contributed by atoms with van der Waals surface area (Å²) >= 11 is 3.31. The number of piperazine rings is 1. The average molecular weight is 471 g/mol. The largest absolute Gasteiger partial charge is 0.326 e. The molecule has 1 N–H and O–H groups in total. The van der Waals surface area contributed by atoms with E-state index >= 15 is 0 Å². The second-order valence-electron chi connectivity index (χ2n) is 7.76. The number of benzene rings is 1. The highest BCUT2D eigenvalue weighted by molar-refractivity contribution is 9.10. The minimum absolute atomic E-state index is 0.177. The lowest BCUT2D eigenvalue weighted by Crippen LogP contribution is -2.53. The van der Waals surface area contributed by atoms with Crippen molar-refractivity contribution in [1.29, 1.82) is 0 Å². The quantitative estimate of drug-likeness (QED) is 0.657. The smallest absolute Gasteiger partial charge is 0.323 e. The molecule has 28 heavy (non-hydrogen) atoms. The zero-order valence-corrected chi connectivity index (χ0v) is 18.0. The fourth-order valence-electron chi connectivity index (χ4n) is 3.87. The van der Waals surface area contributed by atoms with Gasteiger partial charge in [0.2, 0.25) is 10.0 Å². The molecule has 1 atom stereocenters. The monoisotopic (exact) mass is 470 g/mol. The number of carbonyl (C=O) groups is 2. The molecule has 3 amide bonds. The lowest BCUT2D eigenvalue weighted by atomic mass is 9.96. The molecule has 0 bridgehead atoms. The molecule has 2 saturated heterocycles. The number of carbonyl (C=O) groups excluding carboxylic acids is 2. The van der Waals surface area contributed by atoms with Crippen LogP contribution in [-0.2, 0) is 14.8 Å². The molecule has 0 spiro atoms. The molecule has 10 heteroatoms. The fraction of sp³-hybridized carbons (Fsp3) is 0.556. The molecular weight excluding hydrogens is 448 g/mol. The highest BCUT2D eigenvalue weighted by Gasteiger charge is 2.56. The van der Waals surface area contributed by atoms with E-state index in [4.69, 9.17) is 0 Å². The number of nitrogens with zero attached hydrogens (tertiary/aromatic N) is 3. The van der Waals surface area contributed by atoms with Crippen LogP contribution in [0.15, 0.2) is 33.6 Å². The number of halogens is 1. The second kappa shape index (κ2) is 7.08. The third-order valence-electron chi connectivity index (χ3n) is 5.80. The Kier molecular flexibility index (Phi) is 5.01. The number of urea groups is 1. The van der Waals surface area contributed by atoms with Crippen LogP contribution in [-0.4, -0.2) is 72.8 Å². The molecule has 1 aromatic carbocycles. The van der Waals surface area contributed by atoms with Crippen molar-refractivity contribution in [1.82, 2.24) is 19.4 Å². The molecule has 0 radical (unpaired) electrons. The Hall–Kier alpha value is -1.49. The van der Waals surface area contributed by atoms with Gasteiger partial charge in [-0.2, -0.15) is 4.31 Å². The Morgan fingerprint density at radius 2 is 1.86 bits per heavy atom. The third-order valence-corrected chi connectivity index (χ3v) is 8.19. The molecule has 0 unspecified atom stereocenters. The lowest BCUT2D eigenvalue weighted by molar-refractivity contribution is -0.133. The number of amides is 3. The van der Waals surface area contributed by atoms with Crippen LogP contribution in [0.1, 0.15) is 19.8 Å². The summed E-state index contributed by atoms with van der Waals surface area (Å²) in [5.74, 6) is 0.0466. The average Bonchev–Trinajstić information content (AvgIpc) is 3.48. The summed E-state index contributed by atoms with van der Waals surface area (Å²) in [6.07, 6.45) is 1.92. The van der Waals surface area contributed by atoms with Crippen LogP contribution < -0.4 is 5.32 Å². The molecule has 1 saturated carbocycles. The van der Waals surface area contributed by atoms with E-state index in [1.165, 1.54) is 9.21 Å². The van der Waals surface area contributed by atoms with Crippen molar-refractivity contribution < 1.29 is 18.0 Å². The van der Waals surface area contributed by atoms with E-state index in [9.17, 15) is 18.0 Å². The van der Waals surface area contributed by atoms with Crippen molar-refractivity contribution in [3.63, 3.8) is 0 Å². The number of hydrogen-bond acceptors (Lipinski definition) is 5. The summed E-state index contributed by atoms with van der Waals surface area (Å²) < 4.78 is 27.8. The van der Waals surface area contributed by atoms with Crippen molar-refractivity contribution in [2.75, 3.05) is 32.8 Å². The van der Waals surface area contributed by atoms with Gasteiger partial charge in [0, 0.05) is 30.7 Å². The van der Waals surface area contributed by atoms with Crippen LogP contribution in [0.4, 0.5) is 4.79 Å². The first-order chi connectivity index (χ1) is 13.2. The summed E-state index contributed by atoms with van der Waals surface area (Å²) in [6.45, 7) is 3.55. The van der Waals surface area contributed by atoms with Gasteiger partial charge in [0.1, 0.15) is 5.54 Å². The minimum Gasteiger partial charge on any atom is -0.323 e. The van der Waals surface area contributed by atoms with Gasteiger partial charge in [-0.15, -0.1) is 0 Å². The first-order valence-corrected chi connectivity index (χ1v) is 11.6. The standard InChI is InChI=1S/C18H23BrN4O4S/c1-18(13-5-6-13)16(24)23(17(25)20-18)12-21-7-9-22(10-8-21)28(26,27)15-4-2-3-14(19)11-15/h2-4,11,13H,5-10,12H2,1H3,(H,20,25)/t18-/m1/s1. The van der Waals surface area contributed by atoms with E-state index in [0.717, 1.165) is 12.8 Å². The normalized spacial score (nSPS) is 27.3. The first kappa shape index (κ1) is 19.8. The fourth-order valence-corrected chi connectivity index (χ4v) is 5.89. The van der Waals surface area contributed by atoms with Gasteiger partial charge < -0.3 is 5.32 Å². The van der Waals surface area contributed by atoms with E-state index in [2.05, 4.69) is 21.2 Å². The number of hydrogen-bond donors (Lipinski definition) is 1. The van der Waals surface area contributed by atoms with Crippen LogP contribution in [0.2, 0.25) is 0 Å². The Bertz CT molecular complexity index is 912. The highest BCUT2D eigenvalue weighted by Crippen LogP contribution is 2.42. The van der Waals surface area contributed by atoms with Gasteiger partial charge >= 0.3 is 6.03 Å². The van der Waals surface area contributed by atoms with Crippen molar-refractivity contribution in [3.8, 4) is 0 Å². The molecular formula is C18H23BrN4O4S. The SMILES string of the molecule is C[C@]1(C2CC2)NC(=O)N(CN2CCN(S(=O)(=O)c3cccc(Br)c3)CC2)C1=O. The van der Waals surface area contributed by atoms with E-state index < -0.39 is 15.6 Å². The van der Waals surface area contributed by atoms with Crippen LogP contribution in [0.3, 0.4) is 0 Å². The predicted molar refractivity (Wildman–Crippen MR) is 106 cm³/mol. The van der Waals surface area contributed by atoms with Crippen molar-refractivity contribution >= 4 is 37.9 Å². The van der Waals surface area contributed by atoms with Gasteiger partial charge in [-0.1, -0.05) is 22.0 Å². The van der Waals surface area contributed by atoms with Gasteiger partial charge in [-0.05, 0) is 43.9 Å².